The highest BCUT2D eigenvalue weighted by Gasteiger charge is 2.17. The van der Waals surface area contributed by atoms with Crippen molar-refractivity contribution in [2.24, 2.45) is 0 Å². The third-order valence-corrected chi connectivity index (χ3v) is 5.47. The maximum absolute atomic E-state index is 12.3. The van der Waals surface area contributed by atoms with Crippen LogP contribution in [0.1, 0.15) is 21.6 Å². The van der Waals surface area contributed by atoms with Crippen LogP contribution >= 0.6 is 0 Å². The number of esters is 1. The van der Waals surface area contributed by atoms with Gasteiger partial charge < -0.3 is 4.74 Å². The molecule has 2 aromatic heterocycles. The van der Waals surface area contributed by atoms with Gasteiger partial charge in [-0.05, 0) is 25.1 Å². The summed E-state index contributed by atoms with van der Waals surface area (Å²) >= 11 is 0. The normalized spacial score (nSPS) is 11.4. The molecule has 0 unspecified atom stereocenters. The number of fused-ring (bicyclic) bond motifs is 1. The molecule has 156 valence electrons. The van der Waals surface area contributed by atoms with E-state index in [1.54, 1.807) is 30.3 Å². The summed E-state index contributed by atoms with van der Waals surface area (Å²) in [7, 11) is -3.58. The fraction of sp³-hybridized carbons (Fsp3) is 0.130. The van der Waals surface area contributed by atoms with Crippen molar-refractivity contribution in [3.05, 3.63) is 83.7 Å². The average molecular weight is 433 g/mol. The van der Waals surface area contributed by atoms with Crippen LogP contribution in [0.5, 0.6) is 0 Å². The molecule has 4 rings (SSSR count). The van der Waals surface area contributed by atoms with Crippen molar-refractivity contribution >= 4 is 26.7 Å². The predicted octanol–water partition coefficient (Wildman–Crippen LogP) is 3.76. The maximum Gasteiger partial charge on any atom is 0.338 e. The Morgan fingerprint density at radius 2 is 1.71 bits per heavy atom. The molecule has 0 fully saturated rings. The summed E-state index contributed by atoms with van der Waals surface area (Å²) in [6, 6.07) is 18.0. The van der Waals surface area contributed by atoms with E-state index in [0.717, 1.165) is 17.4 Å². The summed E-state index contributed by atoms with van der Waals surface area (Å²) in [5.41, 5.74) is 3.71. The molecule has 0 amide bonds. The smallest absolute Gasteiger partial charge is 0.338 e. The van der Waals surface area contributed by atoms with Gasteiger partial charge >= 0.3 is 5.97 Å². The molecule has 0 bridgehead atoms. The van der Waals surface area contributed by atoms with Crippen LogP contribution in [0.15, 0.2) is 72.0 Å². The van der Waals surface area contributed by atoms with Gasteiger partial charge in [0.25, 0.3) is 0 Å². The quantitative estimate of drug-likeness (QED) is 0.349. The summed E-state index contributed by atoms with van der Waals surface area (Å²) in [4.78, 5) is 25.2. The van der Waals surface area contributed by atoms with E-state index in [4.69, 9.17) is 4.74 Å². The van der Waals surface area contributed by atoms with Crippen molar-refractivity contribution in [2.45, 2.75) is 18.7 Å². The summed E-state index contributed by atoms with van der Waals surface area (Å²) < 4.78 is 29.3. The van der Waals surface area contributed by atoms with E-state index in [2.05, 4.69) is 15.0 Å². The number of ether oxygens (including phenoxy) is 1. The molecule has 0 saturated carbocycles. The lowest BCUT2D eigenvalue weighted by molar-refractivity contribution is 0.0468. The van der Waals surface area contributed by atoms with E-state index in [1.807, 2.05) is 37.3 Å². The molecule has 0 N–H and O–H groups in total. The van der Waals surface area contributed by atoms with Crippen molar-refractivity contribution in [1.29, 1.82) is 0 Å². The molecule has 31 heavy (non-hydrogen) atoms. The van der Waals surface area contributed by atoms with Crippen molar-refractivity contribution in [1.82, 2.24) is 15.0 Å². The summed E-state index contributed by atoms with van der Waals surface area (Å²) in [5.74, 6) is -0.456. The molecule has 0 spiro atoms. The van der Waals surface area contributed by atoms with Crippen molar-refractivity contribution in [2.75, 3.05) is 6.26 Å². The minimum atomic E-state index is -3.58. The second kappa shape index (κ2) is 8.23. The number of rotatable bonds is 5. The molecule has 0 aliphatic heterocycles. The molecule has 2 aromatic carbocycles. The van der Waals surface area contributed by atoms with Crippen LogP contribution in [0, 0.1) is 6.92 Å². The van der Waals surface area contributed by atoms with Crippen LogP contribution in [-0.2, 0) is 21.2 Å². The highest BCUT2D eigenvalue weighted by atomic mass is 32.2. The monoisotopic (exact) mass is 433 g/mol. The van der Waals surface area contributed by atoms with Crippen LogP contribution in [0.25, 0.3) is 22.2 Å². The van der Waals surface area contributed by atoms with E-state index in [0.29, 0.717) is 27.9 Å². The number of pyridine rings is 1. The third kappa shape index (κ3) is 4.59. The van der Waals surface area contributed by atoms with Crippen LogP contribution in [0.4, 0.5) is 0 Å². The number of hydrogen-bond donors (Lipinski definition) is 0. The Balaban J connectivity index is 1.77. The Kier molecular flexibility index (Phi) is 5.48. The lowest BCUT2D eigenvalue weighted by Gasteiger charge is -2.11. The van der Waals surface area contributed by atoms with E-state index in [1.165, 1.54) is 6.20 Å². The van der Waals surface area contributed by atoms with Gasteiger partial charge in [0.1, 0.15) is 12.1 Å². The second-order valence-corrected chi connectivity index (χ2v) is 9.04. The minimum absolute atomic E-state index is 0.0453. The minimum Gasteiger partial charge on any atom is -0.456 e. The first-order chi connectivity index (χ1) is 14.8. The third-order valence-electron chi connectivity index (χ3n) is 4.61. The van der Waals surface area contributed by atoms with E-state index in [-0.39, 0.29) is 11.8 Å². The molecule has 0 radical (unpaired) electrons. The first-order valence-corrected chi connectivity index (χ1v) is 11.4. The molecule has 4 aromatic rings. The van der Waals surface area contributed by atoms with Crippen LogP contribution < -0.4 is 0 Å². The average Bonchev–Trinajstić information content (AvgIpc) is 2.77. The van der Waals surface area contributed by atoms with Crippen molar-refractivity contribution < 1.29 is 17.9 Å². The Labute approximate surface area is 179 Å². The van der Waals surface area contributed by atoms with Crippen molar-refractivity contribution in [3.8, 4) is 11.3 Å². The van der Waals surface area contributed by atoms with Gasteiger partial charge in [-0.1, -0.05) is 48.0 Å². The molecule has 0 aliphatic rings. The molecule has 8 heteroatoms. The standard InChI is InChI=1S/C23H19N3O4S/c1-15-8-10-16(11-9-15)20-21-18(13-24-23(26-21)31(2,28)29)12-19(25-20)14-30-22(27)17-6-4-3-5-7-17/h3-13H,14H2,1-2H3. The largest absolute Gasteiger partial charge is 0.456 e. The predicted molar refractivity (Wildman–Crippen MR) is 116 cm³/mol. The zero-order valence-corrected chi connectivity index (χ0v) is 17.8. The lowest BCUT2D eigenvalue weighted by atomic mass is 10.1. The summed E-state index contributed by atoms with van der Waals surface area (Å²) in [6.07, 6.45) is 2.51. The molecular weight excluding hydrogens is 414 g/mol. The number of carbonyl (C=O) groups is 1. The number of sulfone groups is 1. The Morgan fingerprint density at radius 3 is 2.39 bits per heavy atom. The molecule has 7 nitrogen and oxygen atoms in total. The first-order valence-electron chi connectivity index (χ1n) is 9.47. The molecule has 0 aliphatic carbocycles. The van der Waals surface area contributed by atoms with Gasteiger partial charge in [0, 0.05) is 23.4 Å². The van der Waals surface area contributed by atoms with Crippen LogP contribution in [-0.4, -0.2) is 35.6 Å². The van der Waals surface area contributed by atoms with Gasteiger partial charge in [0.2, 0.25) is 15.0 Å². The SMILES string of the molecule is Cc1ccc(-c2nc(COC(=O)c3ccccc3)cc3cnc(S(C)(=O)=O)nc23)cc1. The van der Waals surface area contributed by atoms with Gasteiger partial charge in [0.15, 0.2) is 0 Å². The van der Waals surface area contributed by atoms with Gasteiger partial charge in [-0.15, -0.1) is 0 Å². The van der Waals surface area contributed by atoms with Gasteiger partial charge in [-0.25, -0.2) is 28.2 Å². The summed E-state index contributed by atoms with van der Waals surface area (Å²) in [5, 5.41) is 0.335. The van der Waals surface area contributed by atoms with E-state index >= 15 is 0 Å². The fourth-order valence-corrected chi connectivity index (χ4v) is 3.54. The second-order valence-electron chi connectivity index (χ2n) is 7.13. The molecule has 0 saturated heterocycles. The van der Waals surface area contributed by atoms with Crippen molar-refractivity contribution in [3.63, 3.8) is 0 Å². The number of hydrogen-bond acceptors (Lipinski definition) is 7. The number of nitrogens with zero attached hydrogens (tertiary/aromatic N) is 3. The lowest BCUT2D eigenvalue weighted by Crippen LogP contribution is -2.08. The molecule has 0 atom stereocenters. The first kappa shape index (κ1) is 20.6. The number of aryl methyl sites for hydroxylation is 1. The fourth-order valence-electron chi connectivity index (χ4n) is 3.04. The zero-order chi connectivity index (χ0) is 22.0. The molecule has 2 heterocycles. The molecular formula is C23H19N3O4S. The number of aromatic nitrogens is 3. The number of benzene rings is 2. The highest BCUT2D eigenvalue weighted by molar-refractivity contribution is 7.90. The summed E-state index contributed by atoms with van der Waals surface area (Å²) in [6.45, 7) is 1.93. The van der Waals surface area contributed by atoms with Gasteiger partial charge in [-0.3, -0.25) is 0 Å². The zero-order valence-electron chi connectivity index (χ0n) is 16.9. The Morgan fingerprint density at radius 1 is 1.00 bits per heavy atom. The van der Waals surface area contributed by atoms with Gasteiger partial charge in [-0.2, -0.15) is 0 Å². The number of carbonyl (C=O) groups excluding carboxylic acids is 1. The Hall–Kier alpha value is -3.65. The van der Waals surface area contributed by atoms with Crippen LogP contribution in [0.3, 0.4) is 0 Å². The highest BCUT2D eigenvalue weighted by Crippen LogP contribution is 2.27. The van der Waals surface area contributed by atoms with Gasteiger partial charge in [0.05, 0.1) is 17.0 Å². The van der Waals surface area contributed by atoms with Crippen LogP contribution in [0.2, 0.25) is 0 Å². The van der Waals surface area contributed by atoms with E-state index < -0.39 is 15.8 Å². The maximum atomic E-state index is 12.3. The Bertz CT molecular complexity index is 1370. The van der Waals surface area contributed by atoms with E-state index in [9.17, 15) is 13.2 Å². The topological polar surface area (TPSA) is 99.1 Å².